The van der Waals surface area contributed by atoms with Gasteiger partial charge in [-0.05, 0) is 43.7 Å². The molecular formula is C24H19ClF3NO3. The SMILES string of the molecule is Cc1ccc(C(=O)O[C@H](C(=O)Nc2ccc(Cl)c(C(F)(F)F)c2)c2ccccc2)c(C)c1. The summed E-state index contributed by atoms with van der Waals surface area (Å²) < 4.78 is 44.9. The molecule has 0 aromatic heterocycles. The van der Waals surface area contributed by atoms with Crippen LogP contribution in [-0.2, 0) is 15.7 Å². The van der Waals surface area contributed by atoms with Gasteiger partial charge < -0.3 is 10.1 Å². The molecule has 0 bridgehead atoms. The molecule has 0 aliphatic rings. The van der Waals surface area contributed by atoms with Gasteiger partial charge in [0.2, 0.25) is 6.10 Å². The summed E-state index contributed by atoms with van der Waals surface area (Å²) in [5.74, 6) is -1.52. The zero-order chi connectivity index (χ0) is 23.5. The summed E-state index contributed by atoms with van der Waals surface area (Å²) in [4.78, 5) is 25.7. The topological polar surface area (TPSA) is 55.4 Å². The van der Waals surface area contributed by atoms with E-state index in [-0.39, 0.29) is 11.3 Å². The van der Waals surface area contributed by atoms with Crippen LogP contribution < -0.4 is 5.32 Å². The van der Waals surface area contributed by atoms with Gasteiger partial charge in [-0.1, -0.05) is 59.6 Å². The Kier molecular flexibility index (Phi) is 6.89. The average molecular weight is 462 g/mol. The van der Waals surface area contributed by atoms with Crippen molar-refractivity contribution in [3.05, 3.63) is 99.6 Å². The van der Waals surface area contributed by atoms with E-state index in [9.17, 15) is 22.8 Å². The van der Waals surface area contributed by atoms with E-state index >= 15 is 0 Å². The number of alkyl halides is 3. The minimum Gasteiger partial charge on any atom is -0.444 e. The summed E-state index contributed by atoms with van der Waals surface area (Å²) in [5.41, 5.74) is 1.08. The van der Waals surface area contributed by atoms with Gasteiger partial charge in [0.15, 0.2) is 0 Å². The minimum absolute atomic E-state index is 0.129. The van der Waals surface area contributed by atoms with Gasteiger partial charge in [0.1, 0.15) is 0 Å². The number of amides is 1. The van der Waals surface area contributed by atoms with E-state index < -0.39 is 34.7 Å². The maximum atomic E-state index is 13.1. The number of anilines is 1. The molecule has 0 radical (unpaired) electrons. The van der Waals surface area contributed by atoms with Crippen molar-refractivity contribution < 1.29 is 27.5 Å². The second-order valence-electron chi connectivity index (χ2n) is 7.20. The van der Waals surface area contributed by atoms with Crippen LogP contribution in [0.4, 0.5) is 18.9 Å². The molecular weight excluding hydrogens is 443 g/mol. The number of ether oxygens (including phenoxy) is 1. The standard InChI is InChI=1S/C24H19ClF3NO3/c1-14-8-10-18(15(2)12-14)23(31)32-21(16-6-4-3-5-7-16)22(30)29-17-9-11-20(25)19(13-17)24(26,27)28/h3-13,21H,1-2H3,(H,29,30)/t21-/m0/s1. The van der Waals surface area contributed by atoms with Crippen molar-refractivity contribution in [2.45, 2.75) is 26.1 Å². The highest BCUT2D eigenvalue weighted by atomic mass is 35.5. The molecule has 3 aromatic rings. The third kappa shape index (κ3) is 5.48. The molecule has 0 aliphatic heterocycles. The predicted molar refractivity (Wildman–Crippen MR) is 116 cm³/mol. The Bertz CT molecular complexity index is 1150. The molecule has 1 amide bonds. The number of nitrogens with one attached hydrogen (secondary N) is 1. The zero-order valence-corrected chi connectivity index (χ0v) is 17.9. The predicted octanol–water partition coefficient (Wildman–Crippen LogP) is 6.51. The first-order valence-electron chi connectivity index (χ1n) is 9.57. The molecule has 166 valence electrons. The number of halogens is 4. The zero-order valence-electron chi connectivity index (χ0n) is 17.2. The van der Waals surface area contributed by atoms with Crippen LogP contribution in [0.5, 0.6) is 0 Å². The van der Waals surface area contributed by atoms with Crippen molar-refractivity contribution in [3.8, 4) is 0 Å². The normalized spacial score (nSPS) is 12.2. The molecule has 0 spiro atoms. The van der Waals surface area contributed by atoms with Crippen molar-refractivity contribution in [2.75, 3.05) is 5.32 Å². The second kappa shape index (κ2) is 9.44. The van der Waals surface area contributed by atoms with E-state index in [0.717, 1.165) is 17.7 Å². The lowest BCUT2D eigenvalue weighted by atomic mass is 10.1. The molecule has 0 saturated heterocycles. The number of hydrogen-bond donors (Lipinski definition) is 1. The van der Waals surface area contributed by atoms with Gasteiger partial charge in [-0.2, -0.15) is 13.2 Å². The van der Waals surface area contributed by atoms with Crippen molar-refractivity contribution in [1.82, 2.24) is 0 Å². The number of esters is 1. The van der Waals surface area contributed by atoms with Crippen LogP contribution in [0.25, 0.3) is 0 Å². The Balaban J connectivity index is 1.90. The molecule has 1 N–H and O–H groups in total. The maximum absolute atomic E-state index is 13.1. The van der Waals surface area contributed by atoms with E-state index in [0.29, 0.717) is 11.1 Å². The number of hydrogen-bond acceptors (Lipinski definition) is 3. The number of carbonyl (C=O) groups is 2. The highest BCUT2D eigenvalue weighted by Crippen LogP contribution is 2.36. The molecule has 0 fully saturated rings. The molecule has 0 heterocycles. The van der Waals surface area contributed by atoms with Crippen LogP contribution in [0.15, 0.2) is 66.7 Å². The monoisotopic (exact) mass is 461 g/mol. The van der Waals surface area contributed by atoms with Crippen LogP contribution in [0.2, 0.25) is 5.02 Å². The van der Waals surface area contributed by atoms with Gasteiger partial charge in [0.25, 0.3) is 5.91 Å². The van der Waals surface area contributed by atoms with Crippen molar-refractivity contribution in [1.29, 1.82) is 0 Å². The summed E-state index contributed by atoms with van der Waals surface area (Å²) in [5, 5.41) is 1.90. The summed E-state index contributed by atoms with van der Waals surface area (Å²) >= 11 is 5.64. The first-order chi connectivity index (χ1) is 15.1. The Hall–Kier alpha value is -3.32. The number of aryl methyl sites for hydroxylation is 2. The fourth-order valence-corrected chi connectivity index (χ4v) is 3.37. The molecule has 4 nitrogen and oxygen atoms in total. The van der Waals surface area contributed by atoms with E-state index in [4.69, 9.17) is 16.3 Å². The third-order valence-electron chi connectivity index (χ3n) is 4.71. The number of benzene rings is 3. The first-order valence-corrected chi connectivity index (χ1v) is 9.95. The first kappa shape index (κ1) is 23.3. The van der Waals surface area contributed by atoms with Crippen molar-refractivity contribution in [2.24, 2.45) is 0 Å². The van der Waals surface area contributed by atoms with Gasteiger partial charge in [-0.15, -0.1) is 0 Å². The number of carbonyl (C=O) groups excluding carboxylic acids is 2. The van der Waals surface area contributed by atoms with Gasteiger partial charge in [0.05, 0.1) is 16.1 Å². The summed E-state index contributed by atoms with van der Waals surface area (Å²) in [6, 6.07) is 16.4. The van der Waals surface area contributed by atoms with E-state index in [1.165, 1.54) is 6.07 Å². The lowest BCUT2D eigenvalue weighted by molar-refractivity contribution is -0.137. The lowest BCUT2D eigenvalue weighted by Crippen LogP contribution is -2.26. The fourth-order valence-electron chi connectivity index (χ4n) is 3.14. The van der Waals surface area contributed by atoms with Crippen molar-refractivity contribution in [3.63, 3.8) is 0 Å². The van der Waals surface area contributed by atoms with E-state index in [1.54, 1.807) is 55.5 Å². The fraction of sp³-hybridized carbons (Fsp3) is 0.167. The van der Waals surface area contributed by atoms with Gasteiger partial charge >= 0.3 is 12.1 Å². The maximum Gasteiger partial charge on any atom is 0.417 e. The Morgan fingerprint density at radius 1 is 0.969 bits per heavy atom. The van der Waals surface area contributed by atoms with Crippen LogP contribution in [-0.4, -0.2) is 11.9 Å². The molecule has 3 rings (SSSR count). The van der Waals surface area contributed by atoms with Gasteiger partial charge in [-0.25, -0.2) is 4.79 Å². The van der Waals surface area contributed by atoms with E-state index in [1.807, 2.05) is 6.92 Å². The van der Waals surface area contributed by atoms with Crippen LogP contribution in [0, 0.1) is 13.8 Å². The van der Waals surface area contributed by atoms with Gasteiger partial charge in [0, 0.05) is 11.3 Å². The molecule has 0 saturated carbocycles. The van der Waals surface area contributed by atoms with Gasteiger partial charge in [-0.3, -0.25) is 4.79 Å². The van der Waals surface area contributed by atoms with E-state index in [2.05, 4.69) is 5.32 Å². The Morgan fingerprint density at radius 3 is 2.28 bits per heavy atom. The minimum atomic E-state index is -4.69. The van der Waals surface area contributed by atoms with Crippen LogP contribution >= 0.6 is 11.6 Å². The highest BCUT2D eigenvalue weighted by Gasteiger charge is 2.34. The quantitative estimate of drug-likeness (QED) is 0.440. The van der Waals surface area contributed by atoms with Crippen LogP contribution in [0.3, 0.4) is 0 Å². The number of rotatable bonds is 5. The summed E-state index contributed by atoms with van der Waals surface area (Å²) in [6.45, 7) is 3.62. The summed E-state index contributed by atoms with van der Waals surface area (Å²) in [7, 11) is 0. The Morgan fingerprint density at radius 2 is 1.66 bits per heavy atom. The van der Waals surface area contributed by atoms with Crippen molar-refractivity contribution >= 4 is 29.2 Å². The smallest absolute Gasteiger partial charge is 0.417 e. The molecule has 32 heavy (non-hydrogen) atoms. The Labute approximate surface area is 188 Å². The van der Waals surface area contributed by atoms with Crippen LogP contribution in [0.1, 0.15) is 38.7 Å². The largest absolute Gasteiger partial charge is 0.444 e. The molecule has 0 aliphatic carbocycles. The summed E-state index contributed by atoms with van der Waals surface area (Å²) in [6.07, 6.45) is -6.07. The lowest BCUT2D eigenvalue weighted by Gasteiger charge is -2.19. The molecule has 8 heteroatoms. The highest BCUT2D eigenvalue weighted by molar-refractivity contribution is 6.31. The third-order valence-corrected chi connectivity index (χ3v) is 5.04. The average Bonchev–Trinajstić information content (AvgIpc) is 2.73. The second-order valence-corrected chi connectivity index (χ2v) is 7.60. The molecule has 1 atom stereocenters. The molecule has 3 aromatic carbocycles. The molecule has 0 unspecified atom stereocenters.